The maximum absolute atomic E-state index is 11.9. The lowest BCUT2D eigenvalue weighted by molar-refractivity contribution is 0.103. The number of rotatable bonds is 4. The van der Waals surface area contributed by atoms with Crippen LogP contribution in [0.3, 0.4) is 0 Å². The number of hydrogen-bond acceptors (Lipinski definition) is 5. The van der Waals surface area contributed by atoms with Crippen molar-refractivity contribution in [1.82, 2.24) is 14.8 Å². The largest absolute Gasteiger partial charge is 0.447 e. The Bertz CT molecular complexity index is 443. The average Bonchev–Trinajstić information content (AvgIpc) is 3.09. The van der Waals surface area contributed by atoms with Crippen LogP contribution in [0.2, 0.25) is 0 Å². The van der Waals surface area contributed by atoms with E-state index >= 15 is 0 Å². The highest BCUT2D eigenvalue weighted by atomic mass is 32.1. The Labute approximate surface area is 123 Å². The molecule has 1 aromatic rings. The first kappa shape index (κ1) is 13.8. The topological polar surface area (TPSA) is 45.7 Å². The molecule has 1 atom stereocenters. The molecule has 0 radical (unpaired) electrons. The fourth-order valence-electron chi connectivity index (χ4n) is 3.11. The third kappa shape index (κ3) is 2.81. The second-order valence-electron chi connectivity index (χ2n) is 5.48. The Morgan fingerprint density at radius 3 is 2.90 bits per heavy atom. The Morgan fingerprint density at radius 2 is 2.25 bits per heavy atom. The maximum Gasteiger partial charge on any atom is 0.410 e. The third-order valence-electron chi connectivity index (χ3n) is 4.27. The fourth-order valence-corrected chi connectivity index (χ4v) is 3.77. The number of ether oxygens (including phenoxy) is 1. The highest BCUT2D eigenvalue weighted by Crippen LogP contribution is 2.26. The normalized spacial score (nSPS) is 25.1. The first-order valence-corrected chi connectivity index (χ1v) is 8.21. The van der Waals surface area contributed by atoms with Crippen LogP contribution in [0.15, 0.2) is 11.6 Å². The monoisotopic (exact) mass is 295 g/mol. The Balaban J connectivity index is 1.54. The minimum Gasteiger partial charge on any atom is -0.447 e. The van der Waals surface area contributed by atoms with E-state index < -0.39 is 0 Å². The highest BCUT2D eigenvalue weighted by Gasteiger charge is 2.38. The van der Waals surface area contributed by atoms with Crippen molar-refractivity contribution in [1.29, 1.82) is 0 Å². The van der Waals surface area contributed by atoms with Crippen molar-refractivity contribution in [3.05, 3.63) is 16.6 Å². The molecule has 0 N–H and O–H groups in total. The number of piperidine rings is 1. The van der Waals surface area contributed by atoms with Gasteiger partial charge in [0.2, 0.25) is 0 Å². The van der Waals surface area contributed by atoms with Gasteiger partial charge in [0, 0.05) is 30.7 Å². The molecule has 0 aromatic carbocycles. The summed E-state index contributed by atoms with van der Waals surface area (Å²) in [6.07, 6.45) is 4.80. The lowest BCUT2D eigenvalue weighted by atomic mass is 10.0. The van der Waals surface area contributed by atoms with Crippen LogP contribution in [-0.4, -0.2) is 52.7 Å². The second-order valence-corrected chi connectivity index (χ2v) is 6.46. The number of nitrogens with zero attached hydrogens (tertiary/aromatic N) is 3. The van der Waals surface area contributed by atoms with Gasteiger partial charge in [0.1, 0.15) is 11.6 Å². The van der Waals surface area contributed by atoms with Gasteiger partial charge in [0.25, 0.3) is 0 Å². The predicted octanol–water partition coefficient (Wildman–Crippen LogP) is 2.34. The summed E-state index contributed by atoms with van der Waals surface area (Å²) in [5.74, 6) is 0. The van der Waals surface area contributed by atoms with Gasteiger partial charge in [-0.2, -0.15) is 0 Å². The molecule has 3 heterocycles. The van der Waals surface area contributed by atoms with Crippen LogP contribution in [0.1, 0.15) is 31.2 Å². The molecule has 5 nitrogen and oxygen atoms in total. The smallest absolute Gasteiger partial charge is 0.410 e. The van der Waals surface area contributed by atoms with Crippen molar-refractivity contribution in [2.75, 3.05) is 19.7 Å². The molecular formula is C14H21N3O2S. The summed E-state index contributed by atoms with van der Waals surface area (Å²) in [5.41, 5.74) is 0. The molecule has 2 aliphatic heterocycles. The summed E-state index contributed by atoms with van der Waals surface area (Å²) in [5, 5.41) is 3.20. The predicted molar refractivity (Wildman–Crippen MR) is 77.7 cm³/mol. The number of thiazole rings is 1. The zero-order valence-electron chi connectivity index (χ0n) is 11.8. The molecule has 3 rings (SSSR count). The molecule has 1 aromatic heterocycles. The molecule has 2 fully saturated rings. The van der Waals surface area contributed by atoms with Gasteiger partial charge in [-0.25, -0.2) is 9.78 Å². The third-order valence-corrected chi connectivity index (χ3v) is 5.03. The van der Waals surface area contributed by atoms with E-state index in [0.717, 1.165) is 38.9 Å². The summed E-state index contributed by atoms with van der Waals surface area (Å²) >= 11 is 1.71. The number of carbonyl (C=O) groups is 1. The van der Waals surface area contributed by atoms with E-state index in [9.17, 15) is 4.79 Å². The first-order valence-electron chi connectivity index (χ1n) is 7.33. The van der Waals surface area contributed by atoms with Crippen molar-refractivity contribution in [2.24, 2.45) is 0 Å². The van der Waals surface area contributed by atoms with E-state index in [1.807, 2.05) is 16.5 Å². The van der Waals surface area contributed by atoms with Crippen LogP contribution in [0.4, 0.5) is 4.79 Å². The van der Waals surface area contributed by atoms with Crippen molar-refractivity contribution in [3.63, 3.8) is 0 Å². The zero-order valence-corrected chi connectivity index (χ0v) is 12.6. The lowest BCUT2D eigenvalue weighted by Gasteiger charge is -2.37. The zero-order chi connectivity index (χ0) is 13.9. The second kappa shape index (κ2) is 6.10. The minimum atomic E-state index is -0.116. The van der Waals surface area contributed by atoms with Gasteiger partial charge in [-0.15, -0.1) is 11.3 Å². The molecule has 20 heavy (non-hydrogen) atoms. The van der Waals surface area contributed by atoms with Crippen LogP contribution in [0, 0.1) is 0 Å². The lowest BCUT2D eigenvalue weighted by Crippen LogP contribution is -2.48. The minimum absolute atomic E-state index is 0.116. The van der Waals surface area contributed by atoms with E-state index in [1.54, 1.807) is 11.3 Å². The van der Waals surface area contributed by atoms with E-state index in [2.05, 4.69) is 16.8 Å². The number of carbonyl (C=O) groups excluding carboxylic acids is 1. The van der Waals surface area contributed by atoms with Gasteiger partial charge in [0.05, 0.1) is 12.6 Å². The summed E-state index contributed by atoms with van der Waals surface area (Å²) < 4.78 is 5.20. The van der Waals surface area contributed by atoms with Gasteiger partial charge in [-0.05, 0) is 19.3 Å². The highest BCUT2D eigenvalue weighted by molar-refractivity contribution is 7.09. The number of aromatic nitrogens is 1. The van der Waals surface area contributed by atoms with Crippen LogP contribution in [0.5, 0.6) is 0 Å². The molecule has 1 unspecified atom stereocenters. The number of hydrogen-bond donors (Lipinski definition) is 0. The Hall–Kier alpha value is -1.14. The van der Waals surface area contributed by atoms with Gasteiger partial charge in [-0.3, -0.25) is 9.80 Å². The van der Waals surface area contributed by atoms with E-state index in [1.165, 1.54) is 5.01 Å². The van der Waals surface area contributed by atoms with Crippen molar-refractivity contribution >= 4 is 17.4 Å². The number of likely N-dealkylation sites (tertiary alicyclic amines) is 1. The number of cyclic esters (lactones) is 1. The van der Waals surface area contributed by atoms with Crippen LogP contribution in [0.25, 0.3) is 0 Å². The Morgan fingerprint density at radius 1 is 1.45 bits per heavy atom. The van der Waals surface area contributed by atoms with Crippen molar-refractivity contribution in [2.45, 2.75) is 44.8 Å². The van der Waals surface area contributed by atoms with Gasteiger partial charge < -0.3 is 4.74 Å². The summed E-state index contributed by atoms with van der Waals surface area (Å²) in [4.78, 5) is 20.6. The number of amides is 1. The molecule has 1 amide bonds. The molecule has 2 aliphatic rings. The van der Waals surface area contributed by atoms with Crippen molar-refractivity contribution in [3.8, 4) is 0 Å². The van der Waals surface area contributed by atoms with E-state index in [0.29, 0.717) is 12.6 Å². The quantitative estimate of drug-likeness (QED) is 0.855. The van der Waals surface area contributed by atoms with Crippen LogP contribution in [-0.2, 0) is 11.3 Å². The molecule has 0 aliphatic carbocycles. The Kier molecular flexibility index (Phi) is 4.21. The SMILES string of the molecule is CCC1COC(=O)N1C1CCN(Cc2nccs2)CC1. The summed E-state index contributed by atoms with van der Waals surface area (Å²) in [6.45, 7) is 5.69. The fraction of sp³-hybridized carbons (Fsp3) is 0.714. The van der Waals surface area contributed by atoms with Crippen LogP contribution < -0.4 is 0 Å². The van der Waals surface area contributed by atoms with Gasteiger partial charge in [-0.1, -0.05) is 6.92 Å². The molecule has 0 spiro atoms. The molecule has 2 saturated heterocycles. The van der Waals surface area contributed by atoms with Gasteiger partial charge >= 0.3 is 6.09 Å². The van der Waals surface area contributed by atoms with E-state index in [-0.39, 0.29) is 12.1 Å². The molecular weight excluding hydrogens is 274 g/mol. The standard InChI is InChI=1S/C14H21N3O2S/c1-2-11-10-19-14(18)17(11)12-3-6-16(7-4-12)9-13-15-5-8-20-13/h5,8,11-12H,2-4,6-7,9-10H2,1H3. The van der Waals surface area contributed by atoms with E-state index in [4.69, 9.17) is 4.74 Å². The van der Waals surface area contributed by atoms with Gasteiger partial charge in [0.15, 0.2) is 0 Å². The first-order chi connectivity index (χ1) is 9.78. The summed E-state index contributed by atoms with van der Waals surface area (Å²) in [7, 11) is 0. The molecule has 6 heteroatoms. The summed E-state index contributed by atoms with van der Waals surface area (Å²) in [6, 6.07) is 0.625. The molecule has 0 bridgehead atoms. The van der Waals surface area contributed by atoms with Crippen LogP contribution >= 0.6 is 11.3 Å². The molecule has 110 valence electrons. The maximum atomic E-state index is 11.9. The average molecular weight is 295 g/mol. The van der Waals surface area contributed by atoms with Crippen molar-refractivity contribution < 1.29 is 9.53 Å². The molecule has 0 saturated carbocycles.